The van der Waals surface area contributed by atoms with Crippen LogP contribution in [0, 0.1) is 0 Å². The van der Waals surface area contributed by atoms with E-state index >= 15 is 0 Å². The van der Waals surface area contributed by atoms with Crippen LogP contribution in [0.25, 0.3) is 11.3 Å². The van der Waals surface area contributed by atoms with E-state index in [1.165, 1.54) is 16.4 Å². The van der Waals surface area contributed by atoms with Gasteiger partial charge in [0.2, 0.25) is 0 Å². The number of carbonyl (C=O) groups excluding carboxylic acids is 1. The van der Waals surface area contributed by atoms with E-state index in [1.54, 1.807) is 24.3 Å². The monoisotopic (exact) mass is 347 g/mol. The summed E-state index contributed by atoms with van der Waals surface area (Å²) in [5.41, 5.74) is 2.09. The second-order valence-electron chi connectivity index (χ2n) is 5.54. The van der Waals surface area contributed by atoms with Crippen molar-refractivity contribution < 1.29 is 19.4 Å². The molecule has 0 aliphatic carbocycles. The molecular formula is C16H17N3O4S. The number of carbonyl (C=O) groups is 2. The number of carboxylic acids is 1. The average Bonchev–Trinajstić information content (AvgIpc) is 3.14. The zero-order valence-electron chi connectivity index (χ0n) is 12.9. The largest absolute Gasteiger partial charge is 0.480 e. The molecule has 1 N–H and O–H groups in total. The Labute approximate surface area is 143 Å². The van der Waals surface area contributed by atoms with Crippen LogP contribution in [-0.4, -0.2) is 57.3 Å². The second-order valence-corrected chi connectivity index (χ2v) is 6.15. The first kappa shape index (κ1) is 16.5. The van der Waals surface area contributed by atoms with Crippen molar-refractivity contribution in [3.05, 3.63) is 35.2 Å². The van der Waals surface area contributed by atoms with Gasteiger partial charge in [0.15, 0.2) is 0 Å². The number of ether oxygens (including phenoxy) is 1. The molecule has 24 heavy (non-hydrogen) atoms. The third-order valence-electron chi connectivity index (χ3n) is 3.99. The van der Waals surface area contributed by atoms with Crippen LogP contribution >= 0.6 is 11.5 Å². The predicted molar refractivity (Wildman–Crippen MR) is 87.9 cm³/mol. The molecule has 1 fully saturated rings. The van der Waals surface area contributed by atoms with Crippen molar-refractivity contribution in [2.45, 2.75) is 18.9 Å². The molecule has 0 bridgehead atoms. The van der Waals surface area contributed by atoms with Gasteiger partial charge in [0.1, 0.15) is 12.2 Å². The van der Waals surface area contributed by atoms with Crippen molar-refractivity contribution in [2.24, 2.45) is 0 Å². The van der Waals surface area contributed by atoms with Gasteiger partial charge in [-0.3, -0.25) is 9.59 Å². The lowest BCUT2D eigenvalue weighted by molar-refractivity contribution is -0.138. The van der Waals surface area contributed by atoms with Crippen LogP contribution in [0.3, 0.4) is 0 Å². The van der Waals surface area contributed by atoms with Crippen molar-refractivity contribution in [3.8, 4) is 11.3 Å². The predicted octanol–water partition coefficient (Wildman–Crippen LogP) is 1.91. The maximum atomic E-state index is 12.8. The minimum absolute atomic E-state index is 0.107. The Morgan fingerprint density at radius 3 is 2.54 bits per heavy atom. The van der Waals surface area contributed by atoms with Crippen LogP contribution in [0.15, 0.2) is 29.6 Å². The first-order valence-corrected chi connectivity index (χ1v) is 8.47. The highest BCUT2D eigenvalue weighted by Gasteiger charge is 2.28. The van der Waals surface area contributed by atoms with E-state index in [0.717, 1.165) is 11.3 Å². The molecule has 1 saturated heterocycles. The highest BCUT2D eigenvalue weighted by Crippen LogP contribution is 2.21. The van der Waals surface area contributed by atoms with E-state index < -0.39 is 5.97 Å². The number of amides is 1. The summed E-state index contributed by atoms with van der Waals surface area (Å²) in [5.74, 6) is -1.28. The highest BCUT2D eigenvalue weighted by atomic mass is 32.1. The molecule has 1 amide bonds. The minimum atomic E-state index is -1.01. The molecule has 0 radical (unpaired) electrons. The molecule has 1 aromatic carbocycles. The quantitative estimate of drug-likeness (QED) is 0.888. The van der Waals surface area contributed by atoms with Crippen molar-refractivity contribution >= 4 is 23.4 Å². The molecule has 0 atom stereocenters. The van der Waals surface area contributed by atoms with Gasteiger partial charge in [-0.05, 0) is 36.5 Å². The molecule has 1 aliphatic rings. The molecule has 3 rings (SSSR count). The highest BCUT2D eigenvalue weighted by molar-refractivity contribution is 7.03. The number of nitrogens with zero attached hydrogens (tertiary/aromatic N) is 3. The third kappa shape index (κ3) is 3.77. The molecule has 1 aliphatic heterocycles. The lowest BCUT2D eigenvalue weighted by atomic mass is 10.0. The van der Waals surface area contributed by atoms with Crippen molar-refractivity contribution in [3.63, 3.8) is 0 Å². The normalized spacial score (nSPS) is 15.2. The summed E-state index contributed by atoms with van der Waals surface area (Å²) in [4.78, 5) is 25.4. The van der Waals surface area contributed by atoms with Gasteiger partial charge in [-0.25, -0.2) is 0 Å². The average molecular weight is 347 g/mol. The number of hydrogen-bond acceptors (Lipinski definition) is 6. The van der Waals surface area contributed by atoms with Gasteiger partial charge >= 0.3 is 5.97 Å². The van der Waals surface area contributed by atoms with Gasteiger partial charge in [0.05, 0.1) is 0 Å². The molecule has 2 aromatic rings. The summed E-state index contributed by atoms with van der Waals surface area (Å²) < 4.78 is 9.12. The van der Waals surface area contributed by atoms with Crippen LogP contribution in [0.1, 0.15) is 23.2 Å². The standard InChI is InChI=1S/C16H17N3O4S/c20-15(21)9-19(13-5-7-23-8-6-13)16(22)12-3-1-11(2-4-12)14-10-24-18-17-14/h1-4,10,13H,5-9H2,(H,20,21). The summed E-state index contributed by atoms with van der Waals surface area (Å²) in [6, 6.07) is 6.89. The number of hydrogen-bond donors (Lipinski definition) is 1. The molecule has 0 unspecified atom stereocenters. The lowest BCUT2D eigenvalue weighted by Crippen LogP contribution is -2.46. The molecule has 0 saturated carbocycles. The van der Waals surface area contributed by atoms with Gasteiger partial charge in [0, 0.05) is 35.8 Å². The van der Waals surface area contributed by atoms with E-state index in [-0.39, 0.29) is 18.5 Å². The van der Waals surface area contributed by atoms with Crippen molar-refractivity contribution in [2.75, 3.05) is 19.8 Å². The fourth-order valence-corrected chi connectivity index (χ4v) is 3.21. The Balaban J connectivity index is 1.79. The zero-order chi connectivity index (χ0) is 16.9. The summed E-state index contributed by atoms with van der Waals surface area (Å²) >= 11 is 1.26. The Bertz CT molecular complexity index is 697. The van der Waals surface area contributed by atoms with Gasteiger partial charge in [0.25, 0.3) is 5.91 Å². The molecule has 0 spiro atoms. The van der Waals surface area contributed by atoms with Gasteiger partial charge in [-0.15, -0.1) is 5.10 Å². The smallest absolute Gasteiger partial charge is 0.323 e. The Morgan fingerprint density at radius 1 is 1.25 bits per heavy atom. The van der Waals surface area contributed by atoms with E-state index in [1.807, 2.05) is 5.38 Å². The summed E-state index contributed by atoms with van der Waals surface area (Å²) in [7, 11) is 0. The summed E-state index contributed by atoms with van der Waals surface area (Å²) in [6.45, 7) is 0.787. The fourth-order valence-electron chi connectivity index (χ4n) is 2.75. The van der Waals surface area contributed by atoms with Gasteiger partial charge < -0.3 is 14.7 Å². The first-order valence-electron chi connectivity index (χ1n) is 7.63. The maximum Gasteiger partial charge on any atom is 0.323 e. The van der Waals surface area contributed by atoms with E-state index in [0.29, 0.717) is 31.6 Å². The molecule has 126 valence electrons. The minimum Gasteiger partial charge on any atom is -0.480 e. The van der Waals surface area contributed by atoms with Crippen LogP contribution in [0.5, 0.6) is 0 Å². The zero-order valence-corrected chi connectivity index (χ0v) is 13.7. The van der Waals surface area contributed by atoms with Crippen LogP contribution in [0.2, 0.25) is 0 Å². The Kier molecular flexibility index (Phi) is 5.17. The van der Waals surface area contributed by atoms with Crippen LogP contribution in [0.4, 0.5) is 0 Å². The Morgan fingerprint density at radius 2 is 1.96 bits per heavy atom. The summed E-state index contributed by atoms with van der Waals surface area (Å²) in [6.07, 6.45) is 1.31. The topological polar surface area (TPSA) is 92.6 Å². The lowest BCUT2D eigenvalue weighted by Gasteiger charge is -2.33. The van der Waals surface area contributed by atoms with E-state index in [9.17, 15) is 9.59 Å². The van der Waals surface area contributed by atoms with Gasteiger partial charge in [-0.2, -0.15) is 0 Å². The number of carboxylic acid groups (broad SMARTS) is 1. The third-order valence-corrected chi connectivity index (χ3v) is 4.49. The second kappa shape index (κ2) is 7.50. The summed E-state index contributed by atoms with van der Waals surface area (Å²) in [5, 5.41) is 15.0. The van der Waals surface area contributed by atoms with Crippen molar-refractivity contribution in [1.29, 1.82) is 0 Å². The van der Waals surface area contributed by atoms with E-state index in [2.05, 4.69) is 9.59 Å². The molecule has 7 nitrogen and oxygen atoms in total. The maximum absolute atomic E-state index is 12.8. The molecule has 8 heteroatoms. The molecule has 1 aromatic heterocycles. The van der Waals surface area contributed by atoms with Crippen LogP contribution < -0.4 is 0 Å². The SMILES string of the molecule is O=C(O)CN(C(=O)c1ccc(-c2csnn2)cc1)C1CCOCC1. The van der Waals surface area contributed by atoms with Gasteiger partial charge in [-0.1, -0.05) is 16.6 Å². The molecule has 2 heterocycles. The first-order chi connectivity index (χ1) is 11.6. The van der Waals surface area contributed by atoms with Crippen LogP contribution in [-0.2, 0) is 9.53 Å². The number of aliphatic carboxylic acids is 1. The number of aromatic nitrogens is 2. The van der Waals surface area contributed by atoms with E-state index in [4.69, 9.17) is 9.84 Å². The number of rotatable bonds is 5. The molecular weight excluding hydrogens is 330 g/mol. The van der Waals surface area contributed by atoms with Crippen molar-refractivity contribution in [1.82, 2.24) is 14.5 Å². The fraction of sp³-hybridized carbons (Fsp3) is 0.375. The Hall–Kier alpha value is -2.32. The number of benzene rings is 1.